The first-order valence-electron chi connectivity index (χ1n) is 6.57. The minimum Gasteiger partial charge on any atom is -0.355 e. The van der Waals surface area contributed by atoms with Crippen LogP contribution in [0.5, 0.6) is 0 Å². The van der Waals surface area contributed by atoms with E-state index in [9.17, 15) is 8.42 Å². The van der Waals surface area contributed by atoms with Crippen molar-refractivity contribution in [3.8, 4) is 0 Å². The number of sulfonamides is 1. The number of aromatic nitrogens is 2. The van der Waals surface area contributed by atoms with Gasteiger partial charge in [0.2, 0.25) is 16.0 Å². The smallest absolute Gasteiger partial charge is 0.244 e. The van der Waals surface area contributed by atoms with Gasteiger partial charge in [0.25, 0.3) is 0 Å². The highest BCUT2D eigenvalue weighted by molar-refractivity contribution is 7.89. The largest absolute Gasteiger partial charge is 0.355 e. The fraction of sp³-hybridized carbons (Fsp3) is 0.385. The number of rotatable bonds is 6. The van der Waals surface area contributed by atoms with Crippen molar-refractivity contribution in [3.63, 3.8) is 0 Å². The van der Waals surface area contributed by atoms with Crippen LogP contribution in [-0.4, -0.2) is 24.9 Å². The Morgan fingerprint density at radius 3 is 2.48 bits per heavy atom. The van der Waals surface area contributed by atoms with Crippen molar-refractivity contribution >= 4 is 27.3 Å². The van der Waals surface area contributed by atoms with Crippen LogP contribution in [0.15, 0.2) is 29.4 Å². The second-order valence-electron chi connectivity index (χ2n) is 4.56. The summed E-state index contributed by atoms with van der Waals surface area (Å²) in [6.45, 7) is 6.40. The molecule has 2 N–H and O–H groups in total. The van der Waals surface area contributed by atoms with Gasteiger partial charge in [-0.2, -0.15) is 0 Å². The van der Waals surface area contributed by atoms with Crippen molar-refractivity contribution in [2.75, 3.05) is 11.9 Å². The van der Waals surface area contributed by atoms with Gasteiger partial charge in [0.1, 0.15) is 4.90 Å². The van der Waals surface area contributed by atoms with Crippen LogP contribution in [0.1, 0.15) is 29.6 Å². The predicted molar refractivity (Wildman–Crippen MR) is 84.0 cm³/mol. The van der Waals surface area contributed by atoms with Crippen molar-refractivity contribution < 1.29 is 8.42 Å². The highest BCUT2D eigenvalue weighted by Crippen LogP contribution is 2.23. The van der Waals surface area contributed by atoms with E-state index in [0.717, 1.165) is 9.75 Å². The standard InChI is InChI=1S/C13H18N4O2S2/c1-4-14-13-15-7-11(8-16-13)21(18,19)17-10(3)12-6-5-9(2)20-12/h5-8,10,17H,4H2,1-3H3,(H,14,15,16). The molecular weight excluding hydrogens is 308 g/mol. The van der Waals surface area contributed by atoms with Gasteiger partial charge in [-0.15, -0.1) is 11.3 Å². The van der Waals surface area contributed by atoms with Gasteiger partial charge < -0.3 is 5.32 Å². The summed E-state index contributed by atoms with van der Waals surface area (Å²) >= 11 is 1.57. The molecule has 21 heavy (non-hydrogen) atoms. The zero-order valence-electron chi connectivity index (χ0n) is 12.1. The SMILES string of the molecule is CCNc1ncc(S(=O)(=O)NC(C)c2ccc(C)s2)cn1. The summed E-state index contributed by atoms with van der Waals surface area (Å²) in [7, 11) is -3.63. The van der Waals surface area contributed by atoms with Crippen molar-refractivity contribution in [2.24, 2.45) is 0 Å². The quantitative estimate of drug-likeness (QED) is 0.851. The maximum atomic E-state index is 12.3. The summed E-state index contributed by atoms with van der Waals surface area (Å²) in [5.74, 6) is 0.415. The van der Waals surface area contributed by atoms with Crippen LogP contribution in [0.25, 0.3) is 0 Å². The first kappa shape index (κ1) is 15.9. The second-order valence-corrected chi connectivity index (χ2v) is 7.60. The van der Waals surface area contributed by atoms with E-state index in [1.807, 2.05) is 32.9 Å². The Balaban J connectivity index is 2.14. The van der Waals surface area contributed by atoms with Crippen LogP contribution >= 0.6 is 11.3 Å². The molecule has 0 aliphatic heterocycles. The molecule has 8 heteroatoms. The lowest BCUT2D eigenvalue weighted by atomic mass is 10.3. The summed E-state index contributed by atoms with van der Waals surface area (Å²) in [5.41, 5.74) is 0. The van der Waals surface area contributed by atoms with Crippen molar-refractivity contribution in [1.29, 1.82) is 0 Å². The van der Waals surface area contributed by atoms with Crippen LogP contribution in [0, 0.1) is 6.92 Å². The van der Waals surface area contributed by atoms with Crippen LogP contribution in [0.4, 0.5) is 5.95 Å². The van der Waals surface area contributed by atoms with E-state index >= 15 is 0 Å². The third kappa shape index (κ3) is 3.99. The highest BCUT2D eigenvalue weighted by atomic mass is 32.2. The molecule has 6 nitrogen and oxygen atoms in total. The Morgan fingerprint density at radius 1 is 1.29 bits per heavy atom. The molecule has 0 radical (unpaired) electrons. The Labute approximate surface area is 128 Å². The Bertz CT molecular complexity index is 695. The number of nitrogens with one attached hydrogen (secondary N) is 2. The van der Waals surface area contributed by atoms with E-state index in [1.165, 1.54) is 12.4 Å². The first-order valence-corrected chi connectivity index (χ1v) is 8.87. The second kappa shape index (κ2) is 6.50. The normalized spacial score (nSPS) is 13.1. The Hall–Kier alpha value is -1.51. The third-order valence-corrected chi connectivity index (χ3v) is 5.47. The molecule has 0 spiro atoms. The van der Waals surface area contributed by atoms with Gasteiger partial charge in [-0.3, -0.25) is 0 Å². The van der Waals surface area contributed by atoms with Crippen LogP contribution in [0.3, 0.4) is 0 Å². The fourth-order valence-corrected chi connectivity index (χ4v) is 3.82. The Kier molecular flexibility index (Phi) is 4.92. The molecule has 0 saturated heterocycles. The maximum absolute atomic E-state index is 12.3. The minimum absolute atomic E-state index is 0.0595. The molecule has 1 unspecified atom stereocenters. The average Bonchev–Trinajstić information content (AvgIpc) is 2.86. The van der Waals surface area contributed by atoms with Crippen LogP contribution < -0.4 is 10.0 Å². The fourth-order valence-electron chi connectivity index (χ4n) is 1.75. The zero-order valence-corrected chi connectivity index (χ0v) is 13.8. The summed E-state index contributed by atoms with van der Waals surface area (Å²) in [5, 5.41) is 2.92. The number of hydrogen-bond donors (Lipinski definition) is 2. The van der Waals surface area contributed by atoms with Gasteiger partial charge in [-0.25, -0.2) is 23.1 Å². The molecule has 0 bridgehead atoms. The molecule has 0 amide bonds. The van der Waals surface area contributed by atoms with E-state index in [0.29, 0.717) is 12.5 Å². The summed E-state index contributed by atoms with van der Waals surface area (Å²) < 4.78 is 27.2. The van der Waals surface area contributed by atoms with E-state index < -0.39 is 10.0 Å². The third-order valence-electron chi connectivity index (χ3n) is 2.79. The maximum Gasteiger partial charge on any atom is 0.244 e. The lowest BCUT2D eigenvalue weighted by Gasteiger charge is -2.12. The van der Waals surface area contributed by atoms with Gasteiger partial charge in [-0.1, -0.05) is 0 Å². The van der Waals surface area contributed by atoms with Crippen molar-refractivity contribution in [2.45, 2.75) is 31.7 Å². The molecule has 114 valence electrons. The first-order chi connectivity index (χ1) is 9.92. The summed E-state index contributed by atoms with van der Waals surface area (Å²) in [6, 6.07) is 3.61. The summed E-state index contributed by atoms with van der Waals surface area (Å²) in [4.78, 5) is 10.1. The topological polar surface area (TPSA) is 84.0 Å². The number of thiophene rings is 1. The lowest BCUT2D eigenvalue weighted by Crippen LogP contribution is -2.26. The Morgan fingerprint density at radius 2 is 1.95 bits per heavy atom. The van der Waals surface area contributed by atoms with E-state index in [1.54, 1.807) is 11.3 Å². The van der Waals surface area contributed by atoms with Gasteiger partial charge in [0, 0.05) is 16.3 Å². The van der Waals surface area contributed by atoms with E-state index in [4.69, 9.17) is 0 Å². The average molecular weight is 326 g/mol. The molecule has 0 aromatic carbocycles. The molecule has 2 heterocycles. The van der Waals surface area contributed by atoms with Gasteiger partial charge in [-0.05, 0) is 32.9 Å². The minimum atomic E-state index is -3.63. The van der Waals surface area contributed by atoms with Gasteiger partial charge in [0.15, 0.2) is 0 Å². The predicted octanol–water partition coefficient (Wildman–Crippen LogP) is 2.32. The molecule has 2 rings (SSSR count). The van der Waals surface area contributed by atoms with Crippen LogP contribution in [-0.2, 0) is 10.0 Å². The molecule has 0 aliphatic carbocycles. The molecule has 0 aliphatic rings. The number of aryl methyl sites for hydroxylation is 1. The van der Waals surface area contributed by atoms with Crippen LogP contribution in [0.2, 0.25) is 0 Å². The highest BCUT2D eigenvalue weighted by Gasteiger charge is 2.20. The van der Waals surface area contributed by atoms with E-state index in [-0.39, 0.29) is 10.9 Å². The van der Waals surface area contributed by atoms with E-state index in [2.05, 4.69) is 20.0 Å². The molecule has 0 fully saturated rings. The van der Waals surface area contributed by atoms with Gasteiger partial charge >= 0.3 is 0 Å². The molecule has 1 atom stereocenters. The molecule has 2 aromatic rings. The molecule has 0 saturated carbocycles. The summed E-state index contributed by atoms with van der Waals surface area (Å²) in [6.07, 6.45) is 2.61. The zero-order chi connectivity index (χ0) is 15.5. The molecule has 2 aromatic heterocycles. The van der Waals surface area contributed by atoms with Crippen molar-refractivity contribution in [1.82, 2.24) is 14.7 Å². The van der Waals surface area contributed by atoms with Crippen molar-refractivity contribution in [3.05, 3.63) is 34.3 Å². The lowest BCUT2D eigenvalue weighted by molar-refractivity contribution is 0.567. The monoisotopic (exact) mass is 326 g/mol. The number of hydrogen-bond acceptors (Lipinski definition) is 6. The van der Waals surface area contributed by atoms with Gasteiger partial charge in [0.05, 0.1) is 18.4 Å². The number of anilines is 1. The molecular formula is C13H18N4O2S2. The number of nitrogens with zero attached hydrogens (tertiary/aromatic N) is 2.